The third kappa shape index (κ3) is 3.51. The fourth-order valence-corrected chi connectivity index (χ4v) is 1.42. The minimum absolute atomic E-state index is 0.416. The van der Waals surface area contributed by atoms with Crippen molar-refractivity contribution < 1.29 is 0 Å². The van der Waals surface area contributed by atoms with E-state index in [0.29, 0.717) is 6.04 Å². The smallest absolute Gasteiger partial charge is 0.0562 e. The quantitative estimate of drug-likeness (QED) is 0.803. The summed E-state index contributed by atoms with van der Waals surface area (Å²) in [6.45, 7) is 7.45. The first kappa shape index (κ1) is 12.0. The Labute approximate surface area is 92.2 Å². The van der Waals surface area contributed by atoms with Gasteiger partial charge in [-0.05, 0) is 27.3 Å². The van der Waals surface area contributed by atoms with E-state index in [0.717, 1.165) is 13.0 Å². The zero-order valence-electron chi connectivity index (χ0n) is 10.1. The van der Waals surface area contributed by atoms with Crippen LogP contribution in [0.15, 0.2) is 18.0 Å². The van der Waals surface area contributed by atoms with E-state index in [1.165, 1.54) is 11.1 Å². The maximum absolute atomic E-state index is 4.30. The van der Waals surface area contributed by atoms with Gasteiger partial charge in [-0.25, -0.2) is 0 Å². The Kier molecular flexibility index (Phi) is 4.56. The van der Waals surface area contributed by atoms with Gasteiger partial charge >= 0.3 is 0 Å². The van der Waals surface area contributed by atoms with Crippen molar-refractivity contribution in [3.63, 3.8) is 0 Å². The highest BCUT2D eigenvalue weighted by atomic mass is 15.3. The maximum Gasteiger partial charge on any atom is 0.0562 e. The molecular weight excluding hydrogens is 186 g/mol. The van der Waals surface area contributed by atoms with E-state index >= 15 is 0 Å². The Morgan fingerprint density at radius 3 is 3.00 bits per heavy atom. The predicted molar refractivity (Wildman–Crippen MR) is 64.7 cm³/mol. The van der Waals surface area contributed by atoms with E-state index in [1.807, 2.05) is 17.9 Å². The lowest BCUT2D eigenvalue weighted by Gasteiger charge is -2.09. The lowest BCUT2D eigenvalue weighted by Crippen LogP contribution is -2.21. The Morgan fingerprint density at radius 1 is 1.67 bits per heavy atom. The molecule has 0 aliphatic heterocycles. The third-order valence-electron chi connectivity index (χ3n) is 2.62. The third-order valence-corrected chi connectivity index (χ3v) is 2.62. The molecule has 1 rings (SSSR count). The summed E-state index contributed by atoms with van der Waals surface area (Å²) in [4.78, 5) is 0. The molecule has 0 saturated carbocycles. The van der Waals surface area contributed by atoms with Crippen LogP contribution in [-0.4, -0.2) is 22.9 Å². The number of rotatable bonds is 5. The van der Waals surface area contributed by atoms with Crippen LogP contribution in [0.5, 0.6) is 0 Å². The molecule has 0 aliphatic rings. The monoisotopic (exact) mass is 207 g/mol. The number of aryl methyl sites for hydroxylation is 1. The Hall–Kier alpha value is -1.09. The highest BCUT2D eigenvalue weighted by molar-refractivity contribution is 5.51. The summed E-state index contributed by atoms with van der Waals surface area (Å²) >= 11 is 0. The van der Waals surface area contributed by atoms with Gasteiger partial charge in [-0.1, -0.05) is 18.6 Å². The number of hydrogen-bond acceptors (Lipinski definition) is 2. The predicted octanol–water partition coefficient (Wildman–Crippen LogP) is 2.30. The van der Waals surface area contributed by atoms with Gasteiger partial charge in [0.2, 0.25) is 0 Å². The van der Waals surface area contributed by atoms with Gasteiger partial charge in [-0.3, -0.25) is 4.68 Å². The Bertz CT molecular complexity index is 325. The first-order valence-corrected chi connectivity index (χ1v) is 5.55. The van der Waals surface area contributed by atoms with Crippen LogP contribution in [0.2, 0.25) is 0 Å². The van der Waals surface area contributed by atoms with Gasteiger partial charge in [0.15, 0.2) is 0 Å². The molecule has 0 aliphatic carbocycles. The summed E-state index contributed by atoms with van der Waals surface area (Å²) in [6.07, 6.45) is 7.31. The zero-order valence-corrected chi connectivity index (χ0v) is 10.1. The zero-order chi connectivity index (χ0) is 11.3. The average Bonchev–Trinajstić information content (AvgIpc) is 2.65. The molecule has 0 fully saturated rings. The Morgan fingerprint density at radius 2 is 2.40 bits per heavy atom. The second-order valence-corrected chi connectivity index (χ2v) is 3.94. The highest BCUT2D eigenvalue weighted by Gasteiger charge is 2.01. The lowest BCUT2D eigenvalue weighted by molar-refractivity contribution is 0.602. The van der Waals surface area contributed by atoms with Crippen LogP contribution in [0, 0.1) is 0 Å². The molecule has 0 amide bonds. The molecule has 1 N–H and O–H groups in total. The molecule has 84 valence electrons. The van der Waals surface area contributed by atoms with Crippen molar-refractivity contribution in [3.05, 3.63) is 23.5 Å². The van der Waals surface area contributed by atoms with Gasteiger partial charge < -0.3 is 5.32 Å². The molecule has 1 aromatic heterocycles. The summed E-state index contributed by atoms with van der Waals surface area (Å²) in [7, 11) is 1.97. The second kappa shape index (κ2) is 5.71. The molecule has 1 aromatic rings. The van der Waals surface area contributed by atoms with Gasteiger partial charge in [0.1, 0.15) is 0 Å². The van der Waals surface area contributed by atoms with Crippen molar-refractivity contribution in [2.45, 2.75) is 39.8 Å². The van der Waals surface area contributed by atoms with Gasteiger partial charge in [0, 0.05) is 24.3 Å². The van der Waals surface area contributed by atoms with E-state index in [9.17, 15) is 0 Å². The fourth-order valence-electron chi connectivity index (χ4n) is 1.42. The minimum atomic E-state index is 0.416. The van der Waals surface area contributed by atoms with E-state index in [-0.39, 0.29) is 0 Å². The SMILES string of the molecule is CCCn1cc(/C=C(/C)C(C)NC)cn1. The average molecular weight is 207 g/mol. The number of aromatic nitrogens is 2. The largest absolute Gasteiger partial charge is 0.314 e. The van der Waals surface area contributed by atoms with Crippen molar-refractivity contribution in [2.75, 3.05) is 7.05 Å². The van der Waals surface area contributed by atoms with Crippen molar-refractivity contribution in [2.24, 2.45) is 0 Å². The fraction of sp³-hybridized carbons (Fsp3) is 0.583. The van der Waals surface area contributed by atoms with E-state index in [4.69, 9.17) is 0 Å². The normalized spacial score (nSPS) is 14.3. The van der Waals surface area contributed by atoms with E-state index in [2.05, 4.69) is 43.5 Å². The number of hydrogen-bond donors (Lipinski definition) is 1. The molecule has 0 spiro atoms. The van der Waals surface area contributed by atoms with Crippen molar-refractivity contribution in [1.82, 2.24) is 15.1 Å². The molecule has 0 saturated heterocycles. The molecule has 3 heteroatoms. The minimum Gasteiger partial charge on any atom is -0.314 e. The molecule has 1 unspecified atom stereocenters. The highest BCUT2D eigenvalue weighted by Crippen LogP contribution is 2.08. The molecule has 1 heterocycles. The van der Waals surface area contributed by atoms with Crippen LogP contribution in [0.1, 0.15) is 32.8 Å². The summed E-state index contributed by atoms with van der Waals surface area (Å²) in [5.74, 6) is 0. The topological polar surface area (TPSA) is 29.9 Å². The maximum atomic E-state index is 4.30. The van der Waals surface area contributed by atoms with Gasteiger partial charge in [-0.2, -0.15) is 5.10 Å². The number of nitrogens with zero attached hydrogens (tertiary/aromatic N) is 2. The molecule has 0 radical (unpaired) electrons. The number of likely N-dealkylation sites (N-methyl/N-ethyl adjacent to an activating group) is 1. The van der Waals surface area contributed by atoms with Crippen LogP contribution in [0.25, 0.3) is 6.08 Å². The summed E-state index contributed by atoms with van der Waals surface area (Å²) < 4.78 is 1.99. The summed E-state index contributed by atoms with van der Waals surface area (Å²) in [5, 5.41) is 7.52. The van der Waals surface area contributed by atoms with Gasteiger partial charge in [0.05, 0.1) is 6.20 Å². The van der Waals surface area contributed by atoms with Crippen LogP contribution in [0.4, 0.5) is 0 Å². The van der Waals surface area contributed by atoms with Gasteiger partial charge in [-0.15, -0.1) is 0 Å². The van der Waals surface area contributed by atoms with Gasteiger partial charge in [0.25, 0.3) is 0 Å². The first-order chi connectivity index (χ1) is 7.17. The van der Waals surface area contributed by atoms with E-state index < -0.39 is 0 Å². The molecule has 0 aromatic carbocycles. The van der Waals surface area contributed by atoms with Crippen molar-refractivity contribution in [3.8, 4) is 0 Å². The van der Waals surface area contributed by atoms with E-state index in [1.54, 1.807) is 0 Å². The van der Waals surface area contributed by atoms with Crippen LogP contribution >= 0.6 is 0 Å². The molecule has 0 bridgehead atoms. The van der Waals surface area contributed by atoms with Crippen molar-refractivity contribution in [1.29, 1.82) is 0 Å². The summed E-state index contributed by atoms with van der Waals surface area (Å²) in [5.41, 5.74) is 2.51. The Balaban J connectivity index is 2.70. The summed E-state index contributed by atoms with van der Waals surface area (Å²) in [6, 6.07) is 0.416. The van der Waals surface area contributed by atoms with Crippen LogP contribution < -0.4 is 5.32 Å². The molecular formula is C12H21N3. The molecule has 1 atom stereocenters. The second-order valence-electron chi connectivity index (χ2n) is 3.94. The van der Waals surface area contributed by atoms with Crippen molar-refractivity contribution >= 4 is 6.08 Å². The molecule has 3 nitrogen and oxygen atoms in total. The standard InChI is InChI=1S/C12H21N3/c1-5-6-15-9-12(8-14-15)7-10(2)11(3)13-4/h7-9,11,13H,5-6H2,1-4H3/b10-7-. The number of nitrogens with one attached hydrogen (secondary N) is 1. The molecule has 15 heavy (non-hydrogen) atoms. The lowest BCUT2D eigenvalue weighted by atomic mass is 10.1. The van der Waals surface area contributed by atoms with Crippen LogP contribution in [0.3, 0.4) is 0 Å². The van der Waals surface area contributed by atoms with Crippen LogP contribution in [-0.2, 0) is 6.54 Å². The first-order valence-electron chi connectivity index (χ1n) is 5.55.